The number of aromatic nitrogens is 2. The van der Waals surface area contributed by atoms with Crippen LogP contribution in [-0.2, 0) is 0 Å². The lowest BCUT2D eigenvalue weighted by molar-refractivity contribution is 0.223. The molecular formula is C28H33ClFN7O. The van der Waals surface area contributed by atoms with Gasteiger partial charge in [-0.15, -0.1) is 12.0 Å². The Morgan fingerprint density at radius 1 is 1.29 bits per heavy atom. The summed E-state index contributed by atoms with van der Waals surface area (Å²) in [6, 6.07) is 6.41. The van der Waals surface area contributed by atoms with E-state index in [4.69, 9.17) is 18.0 Å². The highest BCUT2D eigenvalue weighted by molar-refractivity contribution is 6.35. The maximum atomic E-state index is 13.9. The van der Waals surface area contributed by atoms with Crippen LogP contribution in [-0.4, -0.2) is 39.8 Å². The van der Waals surface area contributed by atoms with Gasteiger partial charge in [-0.2, -0.15) is 4.39 Å². The van der Waals surface area contributed by atoms with E-state index in [1.165, 1.54) is 6.07 Å². The second kappa shape index (κ2) is 11.4. The van der Waals surface area contributed by atoms with Crippen LogP contribution in [0, 0.1) is 30.6 Å². The summed E-state index contributed by atoms with van der Waals surface area (Å²) in [6.45, 7) is 9.58. The largest absolute Gasteiger partial charge is 0.396 e. The molecule has 3 aromatic rings. The SMILES string of the molecule is C#Cc1cnc2c(Cl)cc(N[C@H](C3=CN(CCCO)NN3)c3ccc(F)nc3C)cc2c1NCC(C)(C)C. The Morgan fingerprint density at radius 2 is 2.08 bits per heavy atom. The van der Waals surface area contributed by atoms with Crippen LogP contribution in [0.2, 0.25) is 5.02 Å². The van der Waals surface area contributed by atoms with Crippen molar-refractivity contribution in [3.8, 4) is 12.3 Å². The number of anilines is 2. The zero-order chi connectivity index (χ0) is 27.4. The second-order valence-corrected chi connectivity index (χ2v) is 10.8. The van der Waals surface area contributed by atoms with Gasteiger partial charge < -0.3 is 21.2 Å². The summed E-state index contributed by atoms with van der Waals surface area (Å²) in [6.07, 6.45) is 9.98. The minimum atomic E-state index is -0.544. The topological polar surface area (TPSA) is 97.4 Å². The maximum absolute atomic E-state index is 13.9. The number of aliphatic hydroxyl groups excluding tert-OH is 1. The van der Waals surface area contributed by atoms with E-state index >= 15 is 0 Å². The summed E-state index contributed by atoms with van der Waals surface area (Å²) in [5.74, 6) is 2.18. The van der Waals surface area contributed by atoms with Crippen molar-refractivity contribution in [3.63, 3.8) is 0 Å². The van der Waals surface area contributed by atoms with Crippen molar-refractivity contribution in [1.82, 2.24) is 25.9 Å². The number of hydrogen-bond donors (Lipinski definition) is 5. The predicted octanol–water partition coefficient (Wildman–Crippen LogP) is 4.87. The zero-order valence-corrected chi connectivity index (χ0v) is 22.7. The molecule has 0 radical (unpaired) electrons. The molecule has 0 aliphatic carbocycles. The molecule has 5 N–H and O–H groups in total. The van der Waals surface area contributed by atoms with Gasteiger partial charge in [-0.1, -0.05) is 44.4 Å². The van der Waals surface area contributed by atoms with Crippen LogP contribution in [0.4, 0.5) is 15.8 Å². The van der Waals surface area contributed by atoms with Crippen LogP contribution < -0.4 is 21.6 Å². The number of pyridine rings is 2. The Bertz CT molecular complexity index is 1400. The number of nitrogens with zero attached hydrogens (tertiary/aromatic N) is 3. The van der Waals surface area contributed by atoms with Crippen LogP contribution in [0.3, 0.4) is 0 Å². The van der Waals surface area contributed by atoms with Gasteiger partial charge in [0.25, 0.3) is 0 Å². The van der Waals surface area contributed by atoms with Gasteiger partial charge in [0.2, 0.25) is 5.95 Å². The van der Waals surface area contributed by atoms with Crippen LogP contribution in [0.5, 0.6) is 0 Å². The number of hydrogen-bond acceptors (Lipinski definition) is 8. The molecule has 1 atom stereocenters. The molecule has 1 aliphatic heterocycles. The lowest BCUT2D eigenvalue weighted by Crippen LogP contribution is -2.38. The van der Waals surface area contributed by atoms with E-state index < -0.39 is 12.0 Å². The quantitative estimate of drug-likeness (QED) is 0.195. The van der Waals surface area contributed by atoms with E-state index in [-0.39, 0.29) is 12.0 Å². The third-order valence-corrected chi connectivity index (χ3v) is 6.39. The van der Waals surface area contributed by atoms with Crippen LogP contribution in [0.15, 0.2) is 42.4 Å². The summed E-state index contributed by atoms with van der Waals surface area (Å²) >= 11 is 6.72. The Labute approximate surface area is 227 Å². The molecule has 0 spiro atoms. The molecule has 0 amide bonds. The molecule has 2 aromatic heterocycles. The van der Waals surface area contributed by atoms with Gasteiger partial charge in [-0.25, -0.2) is 4.98 Å². The van der Waals surface area contributed by atoms with E-state index in [1.54, 1.807) is 19.2 Å². The van der Waals surface area contributed by atoms with Crippen molar-refractivity contribution in [2.75, 3.05) is 30.3 Å². The molecular weight excluding hydrogens is 505 g/mol. The van der Waals surface area contributed by atoms with Gasteiger partial charge in [-0.3, -0.25) is 9.99 Å². The average molecular weight is 538 g/mol. The normalized spacial score (nSPS) is 14.2. The summed E-state index contributed by atoms with van der Waals surface area (Å²) in [5.41, 5.74) is 11.2. The van der Waals surface area contributed by atoms with Crippen molar-refractivity contribution < 1.29 is 9.50 Å². The van der Waals surface area contributed by atoms with Crippen molar-refractivity contribution >= 4 is 33.9 Å². The number of aryl methyl sites for hydroxylation is 1. The minimum absolute atomic E-state index is 0.0227. The fraction of sp³-hybridized carbons (Fsp3) is 0.357. The number of aliphatic hydroxyl groups is 1. The Hall–Kier alpha value is -3.58. The maximum Gasteiger partial charge on any atom is 0.213 e. The standard InChI is InChI=1S/C28H33ClFN7O/c1-6-18-14-31-26-21(25(18)32-16-28(3,4)5)12-19(13-22(26)29)34-27(20-8-9-24(30)33-17(20)2)23-15-37(36-35-23)10-7-11-38/h1,8-9,12-15,27,34-36,38H,7,10-11,16H2,2-5H3,(H,31,32)/t27-/m0/s1. The number of halogens is 2. The van der Waals surface area contributed by atoms with Gasteiger partial charge in [0.05, 0.1) is 33.5 Å². The van der Waals surface area contributed by atoms with Crippen molar-refractivity contribution in [3.05, 3.63) is 70.2 Å². The first-order valence-electron chi connectivity index (χ1n) is 12.4. The van der Waals surface area contributed by atoms with Gasteiger partial charge in [-0.05, 0) is 37.0 Å². The summed E-state index contributed by atoms with van der Waals surface area (Å²) in [4.78, 5) is 8.55. The Kier molecular flexibility index (Phi) is 8.26. The van der Waals surface area contributed by atoms with Gasteiger partial charge in [0.15, 0.2) is 0 Å². The second-order valence-electron chi connectivity index (χ2n) is 10.4. The lowest BCUT2D eigenvalue weighted by Gasteiger charge is -2.24. The number of benzene rings is 1. The molecule has 3 heterocycles. The van der Waals surface area contributed by atoms with Crippen LogP contribution in [0.25, 0.3) is 10.9 Å². The highest BCUT2D eigenvalue weighted by atomic mass is 35.5. The fourth-order valence-electron chi connectivity index (χ4n) is 4.21. The number of nitrogens with one attached hydrogen (secondary N) is 4. The zero-order valence-electron chi connectivity index (χ0n) is 22.0. The van der Waals surface area contributed by atoms with Gasteiger partial charge >= 0.3 is 0 Å². The highest BCUT2D eigenvalue weighted by Gasteiger charge is 2.25. The van der Waals surface area contributed by atoms with Crippen LogP contribution >= 0.6 is 11.6 Å². The monoisotopic (exact) mass is 537 g/mol. The molecule has 200 valence electrons. The molecule has 0 bridgehead atoms. The van der Waals surface area contributed by atoms with E-state index in [2.05, 4.69) is 58.3 Å². The molecule has 0 unspecified atom stereocenters. The molecule has 4 rings (SSSR count). The van der Waals surface area contributed by atoms with Gasteiger partial charge in [0.1, 0.15) is 0 Å². The summed E-state index contributed by atoms with van der Waals surface area (Å²) in [5, 5.41) is 19.4. The molecule has 0 saturated heterocycles. The number of terminal acetylenes is 1. The third kappa shape index (κ3) is 6.27. The van der Waals surface area contributed by atoms with Gasteiger partial charge in [0, 0.05) is 54.4 Å². The first kappa shape index (κ1) is 27.5. The molecule has 0 saturated carbocycles. The first-order valence-corrected chi connectivity index (χ1v) is 12.8. The Balaban J connectivity index is 1.78. The minimum Gasteiger partial charge on any atom is -0.396 e. The van der Waals surface area contributed by atoms with E-state index in [9.17, 15) is 9.50 Å². The summed E-state index contributed by atoms with van der Waals surface area (Å²) in [7, 11) is 0. The van der Waals surface area contributed by atoms with E-state index in [0.29, 0.717) is 41.3 Å². The smallest absolute Gasteiger partial charge is 0.213 e. The average Bonchev–Trinajstić information content (AvgIpc) is 3.33. The predicted molar refractivity (Wildman–Crippen MR) is 151 cm³/mol. The molecule has 1 aliphatic rings. The lowest BCUT2D eigenvalue weighted by atomic mass is 9.96. The number of fused-ring (bicyclic) bond motifs is 1. The molecule has 0 fully saturated rings. The highest BCUT2D eigenvalue weighted by Crippen LogP contribution is 2.36. The first-order chi connectivity index (χ1) is 18.1. The van der Waals surface area contributed by atoms with Crippen molar-refractivity contribution in [2.45, 2.75) is 40.2 Å². The molecule has 38 heavy (non-hydrogen) atoms. The number of rotatable bonds is 9. The van der Waals surface area contributed by atoms with Crippen molar-refractivity contribution in [2.24, 2.45) is 5.41 Å². The third-order valence-electron chi connectivity index (χ3n) is 6.10. The molecule has 8 nitrogen and oxygen atoms in total. The van der Waals surface area contributed by atoms with E-state index in [0.717, 1.165) is 28.0 Å². The Morgan fingerprint density at radius 3 is 2.76 bits per heavy atom. The fourth-order valence-corrected chi connectivity index (χ4v) is 4.48. The molecule has 10 heteroatoms. The van der Waals surface area contributed by atoms with Crippen LogP contribution in [0.1, 0.15) is 50.1 Å². The summed E-state index contributed by atoms with van der Waals surface area (Å²) < 4.78 is 13.9. The van der Waals surface area contributed by atoms with E-state index in [1.807, 2.05) is 23.3 Å². The molecule has 1 aromatic carbocycles. The number of hydrazine groups is 2. The van der Waals surface area contributed by atoms with Crippen molar-refractivity contribution in [1.29, 1.82) is 0 Å².